The summed E-state index contributed by atoms with van der Waals surface area (Å²) in [7, 11) is 2.13. The van der Waals surface area contributed by atoms with E-state index >= 15 is 0 Å². The Balaban J connectivity index is 2.12. The van der Waals surface area contributed by atoms with Gasteiger partial charge in [0.25, 0.3) is 0 Å². The summed E-state index contributed by atoms with van der Waals surface area (Å²) < 4.78 is 2.00. The Morgan fingerprint density at radius 2 is 2.10 bits per heavy atom. The topological polar surface area (TPSA) is 74.5 Å². The zero-order valence-corrected chi connectivity index (χ0v) is 12.8. The van der Waals surface area contributed by atoms with Gasteiger partial charge in [0.1, 0.15) is 0 Å². The van der Waals surface area contributed by atoms with E-state index in [0.717, 1.165) is 45.1 Å². The summed E-state index contributed by atoms with van der Waals surface area (Å²) in [5, 5.41) is 17.9. The van der Waals surface area contributed by atoms with Gasteiger partial charge in [-0.3, -0.25) is 9.36 Å². The molecule has 7 nitrogen and oxygen atoms in total. The van der Waals surface area contributed by atoms with Crippen LogP contribution in [0.25, 0.3) is 0 Å². The molecule has 2 heterocycles. The van der Waals surface area contributed by atoms with Crippen molar-refractivity contribution >= 4 is 23.7 Å². The maximum absolute atomic E-state index is 10.7. The lowest BCUT2D eigenvalue weighted by Gasteiger charge is -2.21. The average molecular weight is 299 g/mol. The van der Waals surface area contributed by atoms with Crippen LogP contribution in [0.4, 0.5) is 5.95 Å². The van der Waals surface area contributed by atoms with E-state index in [-0.39, 0.29) is 5.75 Å². The summed E-state index contributed by atoms with van der Waals surface area (Å²) in [6.45, 7) is 6.77. The van der Waals surface area contributed by atoms with E-state index < -0.39 is 5.97 Å². The van der Waals surface area contributed by atoms with Crippen LogP contribution in [0.2, 0.25) is 0 Å². The SMILES string of the molecule is CCn1c(SCC(=O)O)nnc1N1CCCN(C)CC1. The van der Waals surface area contributed by atoms with E-state index in [9.17, 15) is 4.79 Å². The molecule has 0 bridgehead atoms. The van der Waals surface area contributed by atoms with Crippen LogP contribution >= 0.6 is 11.8 Å². The Bertz CT molecular complexity index is 465. The van der Waals surface area contributed by atoms with Crippen LogP contribution in [-0.4, -0.2) is 69.7 Å². The van der Waals surface area contributed by atoms with E-state index in [4.69, 9.17) is 5.11 Å². The van der Waals surface area contributed by atoms with Crippen molar-refractivity contribution in [2.24, 2.45) is 0 Å². The lowest BCUT2D eigenvalue weighted by atomic mass is 10.4. The molecule has 1 aliphatic rings. The van der Waals surface area contributed by atoms with Gasteiger partial charge in [-0.1, -0.05) is 11.8 Å². The molecular formula is C12H21N5O2S. The molecule has 1 aromatic heterocycles. The number of carboxylic acid groups (broad SMARTS) is 1. The minimum Gasteiger partial charge on any atom is -0.481 e. The highest BCUT2D eigenvalue weighted by Gasteiger charge is 2.20. The quantitative estimate of drug-likeness (QED) is 0.799. The molecule has 20 heavy (non-hydrogen) atoms. The number of nitrogens with zero attached hydrogens (tertiary/aromatic N) is 5. The third kappa shape index (κ3) is 3.63. The predicted octanol–water partition coefficient (Wildman–Crippen LogP) is 0.617. The maximum Gasteiger partial charge on any atom is 0.313 e. The van der Waals surface area contributed by atoms with Crippen molar-refractivity contribution in [2.45, 2.75) is 25.0 Å². The van der Waals surface area contributed by atoms with Gasteiger partial charge in [-0.2, -0.15) is 0 Å². The number of carbonyl (C=O) groups is 1. The first-order chi connectivity index (χ1) is 9.61. The van der Waals surface area contributed by atoms with Crippen LogP contribution in [0.5, 0.6) is 0 Å². The van der Waals surface area contributed by atoms with Crippen molar-refractivity contribution in [2.75, 3.05) is 43.9 Å². The predicted molar refractivity (Wildman–Crippen MR) is 78.4 cm³/mol. The molecule has 1 fully saturated rings. The van der Waals surface area contributed by atoms with E-state index in [1.807, 2.05) is 11.5 Å². The highest BCUT2D eigenvalue weighted by atomic mass is 32.2. The second-order valence-electron chi connectivity index (χ2n) is 4.85. The summed E-state index contributed by atoms with van der Waals surface area (Å²) >= 11 is 1.22. The standard InChI is InChI=1S/C12H21N5O2S/c1-3-17-11(13-14-12(17)20-9-10(18)19)16-6-4-5-15(2)7-8-16/h3-9H2,1-2H3,(H,18,19). The molecule has 0 aliphatic carbocycles. The van der Waals surface area contributed by atoms with E-state index in [0.29, 0.717) is 5.16 Å². The Hall–Kier alpha value is -1.28. The molecule has 0 unspecified atom stereocenters. The van der Waals surface area contributed by atoms with Gasteiger partial charge in [0, 0.05) is 26.2 Å². The molecule has 1 aromatic rings. The van der Waals surface area contributed by atoms with Gasteiger partial charge in [0.2, 0.25) is 5.95 Å². The van der Waals surface area contributed by atoms with E-state index in [1.165, 1.54) is 11.8 Å². The number of rotatable bonds is 5. The molecular weight excluding hydrogens is 278 g/mol. The highest BCUT2D eigenvalue weighted by molar-refractivity contribution is 7.99. The minimum absolute atomic E-state index is 0.0148. The number of hydrogen-bond acceptors (Lipinski definition) is 6. The normalized spacial score (nSPS) is 17.2. The van der Waals surface area contributed by atoms with Gasteiger partial charge >= 0.3 is 5.97 Å². The zero-order valence-electron chi connectivity index (χ0n) is 11.9. The summed E-state index contributed by atoms with van der Waals surface area (Å²) in [5.41, 5.74) is 0. The number of carboxylic acids is 1. The highest BCUT2D eigenvalue weighted by Crippen LogP contribution is 2.22. The second kappa shape index (κ2) is 6.94. The Kier molecular flexibility index (Phi) is 5.24. The van der Waals surface area contributed by atoms with E-state index in [1.54, 1.807) is 0 Å². The monoisotopic (exact) mass is 299 g/mol. The Morgan fingerprint density at radius 1 is 1.30 bits per heavy atom. The first-order valence-corrected chi connectivity index (χ1v) is 7.81. The Labute approximate surface area is 123 Å². The van der Waals surface area contributed by atoms with Crippen molar-refractivity contribution in [3.05, 3.63) is 0 Å². The van der Waals surface area contributed by atoms with Crippen LogP contribution in [0.3, 0.4) is 0 Å². The van der Waals surface area contributed by atoms with Gasteiger partial charge < -0.3 is 14.9 Å². The average Bonchev–Trinajstić information content (AvgIpc) is 2.70. The number of anilines is 1. The first-order valence-electron chi connectivity index (χ1n) is 6.83. The van der Waals surface area contributed by atoms with Crippen molar-refractivity contribution in [1.82, 2.24) is 19.7 Å². The minimum atomic E-state index is -0.835. The molecule has 112 valence electrons. The fourth-order valence-corrected chi connectivity index (χ4v) is 2.99. The smallest absolute Gasteiger partial charge is 0.313 e. The molecule has 0 saturated carbocycles. The zero-order chi connectivity index (χ0) is 14.5. The van der Waals surface area contributed by atoms with Crippen molar-refractivity contribution in [1.29, 1.82) is 0 Å². The molecule has 8 heteroatoms. The lowest BCUT2D eigenvalue weighted by Crippen LogP contribution is -2.31. The first kappa shape index (κ1) is 15.1. The van der Waals surface area contributed by atoms with Crippen LogP contribution in [0.15, 0.2) is 5.16 Å². The molecule has 1 aliphatic heterocycles. The lowest BCUT2D eigenvalue weighted by molar-refractivity contribution is -0.133. The molecule has 2 rings (SSSR count). The fourth-order valence-electron chi connectivity index (χ4n) is 2.27. The van der Waals surface area contributed by atoms with Crippen molar-refractivity contribution in [3.8, 4) is 0 Å². The van der Waals surface area contributed by atoms with Gasteiger partial charge in [0.05, 0.1) is 5.75 Å². The number of thioether (sulfide) groups is 1. The largest absolute Gasteiger partial charge is 0.481 e. The molecule has 1 N–H and O–H groups in total. The molecule has 0 spiro atoms. The van der Waals surface area contributed by atoms with Crippen LogP contribution < -0.4 is 4.90 Å². The molecule has 0 atom stereocenters. The summed E-state index contributed by atoms with van der Waals surface area (Å²) in [4.78, 5) is 15.2. The third-order valence-electron chi connectivity index (χ3n) is 3.34. The number of aliphatic carboxylic acids is 1. The fraction of sp³-hybridized carbons (Fsp3) is 0.750. The maximum atomic E-state index is 10.7. The molecule has 1 saturated heterocycles. The van der Waals surface area contributed by atoms with Crippen LogP contribution in [-0.2, 0) is 11.3 Å². The summed E-state index contributed by atoms with van der Waals surface area (Å²) in [5.74, 6) is 0.0372. The molecule has 0 amide bonds. The van der Waals surface area contributed by atoms with Gasteiger partial charge in [-0.05, 0) is 26.9 Å². The van der Waals surface area contributed by atoms with Gasteiger partial charge in [-0.25, -0.2) is 0 Å². The molecule has 0 aromatic carbocycles. The summed E-state index contributed by atoms with van der Waals surface area (Å²) in [6, 6.07) is 0. The van der Waals surface area contributed by atoms with Crippen LogP contribution in [0, 0.1) is 0 Å². The number of likely N-dealkylation sites (N-methyl/N-ethyl adjacent to an activating group) is 1. The van der Waals surface area contributed by atoms with Crippen LogP contribution in [0.1, 0.15) is 13.3 Å². The van der Waals surface area contributed by atoms with Gasteiger partial charge in [0.15, 0.2) is 5.16 Å². The molecule has 0 radical (unpaired) electrons. The van der Waals surface area contributed by atoms with Gasteiger partial charge in [-0.15, -0.1) is 10.2 Å². The van der Waals surface area contributed by atoms with Crippen molar-refractivity contribution in [3.63, 3.8) is 0 Å². The van der Waals surface area contributed by atoms with E-state index in [2.05, 4.69) is 27.0 Å². The van der Waals surface area contributed by atoms with Crippen molar-refractivity contribution < 1.29 is 9.90 Å². The summed E-state index contributed by atoms with van der Waals surface area (Å²) in [6.07, 6.45) is 1.10. The second-order valence-corrected chi connectivity index (χ2v) is 5.80. The Morgan fingerprint density at radius 3 is 2.80 bits per heavy atom. The third-order valence-corrected chi connectivity index (χ3v) is 4.29. The number of aromatic nitrogens is 3. The number of hydrogen-bond donors (Lipinski definition) is 1.